The molecular formula is C16H14BrCl2N3O2. The van der Waals surface area contributed by atoms with Crippen molar-refractivity contribution in [3.63, 3.8) is 0 Å². The molecule has 0 aliphatic carbocycles. The van der Waals surface area contributed by atoms with Gasteiger partial charge in [-0.15, -0.1) is 0 Å². The van der Waals surface area contributed by atoms with Crippen molar-refractivity contribution in [2.75, 3.05) is 6.61 Å². The monoisotopic (exact) mass is 429 g/mol. The molecule has 0 saturated heterocycles. The molecular weight excluding hydrogens is 417 g/mol. The quantitative estimate of drug-likeness (QED) is 0.633. The molecule has 8 heteroatoms. The summed E-state index contributed by atoms with van der Waals surface area (Å²) in [5.41, 5.74) is 10.7. The predicted molar refractivity (Wildman–Crippen MR) is 88.8 cm³/mol. The molecule has 0 aromatic heterocycles. The van der Waals surface area contributed by atoms with Crippen LogP contribution in [0.1, 0.15) is 11.1 Å². The zero-order valence-corrected chi connectivity index (χ0v) is 15.5. The van der Waals surface area contributed by atoms with Crippen molar-refractivity contribution >= 4 is 34.9 Å². The van der Waals surface area contributed by atoms with Crippen molar-refractivity contribution in [1.29, 1.82) is 0 Å². The van der Waals surface area contributed by atoms with Crippen LogP contribution in [-0.2, 0) is 11.3 Å². The molecule has 0 fully saturated rings. The molecule has 1 amide bonds. The van der Waals surface area contributed by atoms with Gasteiger partial charge in [0.05, 0.1) is 10.6 Å². The van der Waals surface area contributed by atoms with Crippen LogP contribution in [0.5, 0.6) is 5.75 Å². The fourth-order valence-corrected chi connectivity index (χ4v) is 2.79. The lowest BCUT2D eigenvalue weighted by Gasteiger charge is -2.09. The van der Waals surface area contributed by atoms with E-state index in [1.54, 1.807) is 22.9 Å². The Morgan fingerprint density at radius 2 is 2.00 bits per heavy atom. The summed E-state index contributed by atoms with van der Waals surface area (Å²) < 4.78 is 6.99. The second-order valence-electron chi connectivity index (χ2n) is 5.03. The molecule has 3 rings (SSSR count). The third-order valence-corrected chi connectivity index (χ3v) is 3.96. The largest absolute Gasteiger partial charge is 1.00 e. The van der Waals surface area contributed by atoms with E-state index in [0.717, 1.165) is 11.1 Å². The number of ether oxygens (including phenoxy) is 1. The van der Waals surface area contributed by atoms with Crippen LogP contribution in [0, 0.1) is 0 Å². The lowest BCUT2D eigenvalue weighted by molar-refractivity contribution is -0.586. The second kappa shape index (κ2) is 7.88. The standard InChI is InChI=1S/C16H13Cl2N3O2.BrH/c17-11-5-6-14(13(18)7-11)23-9-15(22)20-21-8-10-3-1-2-4-12(10)16(21)19;/h1-7,19H,8-9H2,(H,20,22);1H. The van der Waals surface area contributed by atoms with E-state index in [2.05, 4.69) is 5.43 Å². The Kier molecular flexibility index (Phi) is 6.10. The summed E-state index contributed by atoms with van der Waals surface area (Å²) in [6.07, 6.45) is 0. The van der Waals surface area contributed by atoms with Crippen LogP contribution in [-0.4, -0.2) is 23.0 Å². The van der Waals surface area contributed by atoms with Crippen molar-refractivity contribution in [3.8, 4) is 5.75 Å². The summed E-state index contributed by atoms with van der Waals surface area (Å²) in [6.45, 7) is 0.344. The van der Waals surface area contributed by atoms with Crippen LogP contribution in [0.2, 0.25) is 10.0 Å². The molecule has 24 heavy (non-hydrogen) atoms. The van der Waals surface area contributed by atoms with Gasteiger partial charge < -0.3 is 21.7 Å². The summed E-state index contributed by atoms with van der Waals surface area (Å²) >= 11 is 11.8. The number of hydrogen-bond donors (Lipinski definition) is 2. The average Bonchev–Trinajstić information content (AvgIpc) is 2.83. The first-order valence-electron chi connectivity index (χ1n) is 6.90. The molecule has 1 heterocycles. The van der Waals surface area contributed by atoms with Crippen LogP contribution >= 0.6 is 23.2 Å². The van der Waals surface area contributed by atoms with Crippen molar-refractivity contribution < 1.29 is 31.2 Å². The minimum Gasteiger partial charge on any atom is -1.00 e. The summed E-state index contributed by atoms with van der Waals surface area (Å²) in [5, 5.41) is 0.856. The number of hydrazine groups is 1. The van der Waals surface area contributed by atoms with Gasteiger partial charge in [0.2, 0.25) is 0 Å². The Morgan fingerprint density at radius 3 is 2.71 bits per heavy atom. The summed E-state index contributed by atoms with van der Waals surface area (Å²) in [4.78, 5) is 12.0. The van der Waals surface area contributed by atoms with Crippen LogP contribution in [0.15, 0.2) is 42.5 Å². The number of rotatable bonds is 4. The van der Waals surface area contributed by atoms with Gasteiger partial charge >= 0.3 is 0 Å². The van der Waals surface area contributed by atoms with Gasteiger partial charge in [0.15, 0.2) is 6.61 Å². The number of hydrogen-bond acceptors (Lipinski definition) is 3. The molecule has 1 aliphatic rings. The topological polar surface area (TPSA) is 67.4 Å². The first-order valence-corrected chi connectivity index (χ1v) is 7.66. The Hall–Kier alpha value is -1.76. The zero-order chi connectivity index (χ0) is 16.4. The van der Waals surface area contributed by atoms with Gasteiger partial charge in [-0.05, 0) is 24.3 Å². The van der Waals surface area contributed by atoms with Gasteiger partial charge in [0.1, 0.15) is 12.3 Å². The third-order valence-electron chi connectivity index (χ3n) is 3.42. The Morgan fingerprint density at radius 1 is 1.25 bits per heavy atom. The third kappa shape index (κ3) is 4.01. The van der Waals surface area contributed by atoms with Crippen molar-refractivity contribution in [2.45, 2.75) is 6.54 Å². The SMILES string of the molecule is NC1=[N+](NC(=O)COc2ccc(Cl)cc2Cl)Cc2ccccc21.[Br-]. The lowest BCUT2D eigenvalue weighted by atomic mass is 10.1. The number of halogens is 3. The molecule has 0 spiro atoms. The van der Waals surface area contributed by atoms with Gasteiger partial charge in [-0.1, -0.05) is 41.4 Å². The molecule has 0 bridgehead atoms. The molecule has 126 valence electrons. The minimum atomic E-state index is -0.327. The van der Waals surface area contributed by atoms with Gasteiger partial charge in [-0.25, -0.2) is 0 Å². The number of nitrogens with zero attached hydrogens (tertiary/aromatic N) is 1. The highest BCUT2D eigenvalue weighted by Crippen LogP contribution is 2.27. The lowest BCUT2D eigenvalue weighted by Crippen LogP contribution is -3.00. The van der Waals surface area contributed by atoms with Crippen LogP contribution in [0.25, 0.3) is 0 Å². The normalized spacial score (nSPS) is 12.4. The molecule has 0 saturated carbocycles. The van der Waals surface area contributed by atoms with E-state index in [9.17, 15) is 4.79 Å². The molecule has 2 aromatic rings. The smallest absolute Gasteiger partial charge is 0.299 e. The molecule has 2 aromatic carbocycles. The fraction of sp³-hybridized carbons (Fsp3) is 0.125. The maximum Gasteiger partial charge on any atom is 0.299 e. The van der Waals surface area contributed by atoms with Gasteiger partial charge in [0, 0.05) is 10.6 Å². The first-order chi connectivity index (χ1) is 11.0. The number of amides is 1. The summed E-state index contributed by atoms with van der Waals surface area (Å²) in [5.74, 6) is 0.582. The highest BCUT2D eigenvalue weighted by atomic mass is 79.9. The highest BCUT2D eigenvalue weighted by Gasteiger charge is 2.25. The summed E-state index contributed by atoms with van der Waals surface area (Å²) in [7, 11) is 0. The maximum atomic E-state index is 12.0. The van der Waals surface area contributed by atoms with Crippen LogP contribution < -0.4 is 32.9 Å². The highest BCUT2D eigenvalue weighted by molar-refractivity contribution is 6.35. The number of carbonyl (C=O) groups excluding carboxylic acids is 1. The maximum absolute atomic E-state index is 12.0. The van der Waals surface area contributed by atoms with E-state index in [4.69, 9.17) is 33.7 Å². The number of carbonyl (C=O) groups is 1. The Bertz CT molecular complexity index is 812. The first kappa shape index (κ1) is 18.6. The van der Waals surface area contributed by atoms with Crippen molar-refractivity contribution in [3.05, 3.63) is 63.6 Å². The number of nitrogens with two attached hydrogens (primary N) is 1. The van der Waals surface area contributed by atoms with Gasteiger partial charge in [-0.2, -0.15) is 10.1 Å². The number of fused-ring (bicyclic) bond motifs is 1. The second-order valence-corrected chi connectivity index (χ2v) is 5.87. The summed E-state index contributed by atoms with van der Waals surface area (Å²) in [6, 6.07) is 12.5. The van der Waals surface area contributed by atoms with Crippen LogP contribution in [0.4, 0.5) is 0 Å². The Labute approximate surface area is 159 Å². The van der Waals surface area contributed by atoms with E-state index >= 15 is 0 Å². The number of benzene rings is 2. The van der Waals surface area contributed by atoms with Gasteiger partial charge in [0.25, 0.3) is 11.7 Å². The van der Waals surface area contributed by atoms with E-state index in [0.29, 0.717) is 28.2 Å². The molecule has 5 nitrogen and oxygen atoms in total. The number of nitrogens with one attached hydrogen (secondary N) is 1. The van der Waals surface area contributed by atoms with Crippen molar-refractivity contribution in [1.82, 2.24) is 5.43 Å². The molecule has 0 unspecified atom stereocenters. The molecule has 3 N–H and O–H groups in total. The van der Waals surface area contributed by atoms with E-state index in [-0.39, 0.29) is 29.5 Å². The predicted octanol–water partition coefficient (Wildman–Crippen LogP) is -0.661. The minimum absolute atomic E-state index is 0. The zero-order valence-electron chi connectivity index (χ0n) is 12.4. The average molecular weight is 431 g/mol. The molecule has 0 atom stereocenters. The van der Waals surface area contributed by atoms with Crippen LogP contribution in [0.3, 0.4) is 0 Å². The number of amidine groups is 1. The number of hydrazone groups is 1. The van der Waals surface area contributed by atoms with Crippen molar-refractivity contribution in [2.24, 2.45) is 5.73 Å². The van der Waals surface area contributed by atoms with E-state index in [1.165, 1.54) is 0 Å². The molecule has 1 aliphatic heterocycles. The van der Waals surface area contributed by atoms with Gasteiger partial charge in [-0.3, -0.25) is 10.5 Å². The van der Waals surface area contributed by atoms with E-state index < -0.39 is 0 Å². The van der Waals surface area contributed by atoms with E-state index in [1.807, 2.05) is 24.3 Å². The Balaban J connectivity index is 0.00000208. The fourth-order valence-electron chi connectivity index (χ4n) is 2.33. The molecule has 0 radical (unpaired) electrons.